The third-order valence-electron chi connectivity index (χ3n) is 5.67. The molecule has 1 amide bonds. The molecule has 6 heteroatoms. The predicted molar refractivity (Wildman–Crippen MR) is 109 cm³/mol. The Kier molecular flexibility index (Phi) is 4.08. The van der Waals surface area contributed by atoms with E-state index in [0.29, 0.717) is 12.0 Å². The van der Waals surface area contributed by atoms with E-state index in [1.54, 1.807) is 0 Å². The van der Waals surface area contributed by atoms with Gasteiger partial charge in [-0.15, -0.1) is 0 Å². The van der Waals surface area contributed by atoms with E-state index in [2.05, 4.69) is 25.8 Å². The Bertz CT molecular complexity index is 1020. The number of carbonyl (C=O) groups is 1. The van der Waals surface area contributed by atoms with Crippen LogP contribution in [-0.4, -0.2) is 46.5 Å². The monoisotopic (exact) mass is 422 g/mol. The van der Waals surface area contributed by atoms with Crippen LogP contribution in [-0.2, 0) is 0 Å². The first-order chi connectivity index (χ1) is 13.2. The van der Waals surface area contributed by atoms with Crippen LogP contribution in [0.15, 0.2) is 59.2 Å². The van der Waals surface area contributed by atoms with Gasteiger partial charge in [0.1, 0.15) is 5.82 Å². The number of halogens is 1. The summed E-state index contributed by atoms with van der Waals surface area (Å²) in [6.45, 7) is 2.55. The molecule has 2 atom stereocenters. The average molecular weight is 423 g/mol. The Hall–Kier alpha value is -2.47. The van der Waals surface area contributed by atoms with Gasteiger partial charge in [0.25, 0.3) is 5.91 Å². The van der Waals surface area contributed by atoms with Crippen molar-refractivity contribution >= 4 is 38.7 Å². The zero-order valence-electron chi connectivity index (χ0n) is 14.8. The second kappa shape index (κ2) is 6.60. The highest BCUT2D eigenvalue weighted by Crippen LogP contribution is 2.36. The van der Waals surface area contributed by atoms with E-state index in [1.807, 2.05) is 59.6 Å². The molecule has 0 spiro atoms. The molecule has 0 bridgehead atoms. The van der Waals surface area contributed by atoms with Crippen LogP contribution in [0.5, 0.6) is 0 Å². The van der Waals surface area contributed by atoms with Crippen molar-refractivity contribution in [2.45, 2.75) is 12.5 Å². The second-order valence-electron chi connectivity index (χ2n) is 7.22. The summed E-state index contributed by atoms with van der Waals surface area (Å²) in [6.07, 6.45) is 2.89. The van der Waals surface area contributed by atoms with Crippen molar-refractivity contribution in [3.63, 3.8) is 0 Å². The Morgan fingerprint density at radius 1 is 1.04 bits per heavy atom. The van der Waals surface area contributed by atoms with Crippen LogP contribution < -0.4 is 4.90 Å². The van der Waals surface area contributed by atoms with Gasteiger partial charge in [-0.1, -0.05) is 24.3 Å². The van der Waals surface area contributed by atoms with Crippen LogP contribution >= 0.6 is 15.9 Å². The molecular formula is C21H19BrN4O. The number of piperidine rings is 1. The molecule has 27 heavy (non-hydrogen) atoms. The Morgan fingerprint density at radius 3 is 2.67 bits per heavy atom. The first-order valence-corrected chi connectivity index (χ1v) is 10.0. The van der Waals surface area contributed by atoms with Crippen LogP contribution in [0.1, 0.15) is 16.8 Å². The zero-order chi connectivity index (χ0) is 18.4. The van der Waals surface area contributed by atoms with Crippen molar-refractivity contribution < 1.29 is 4.79 Å². The Balaban J connectivity index is 1.37. The first-order valence-electron chi connectivity index (χ1n) is 9.23. The van der Waals surface area contributed by atoms with Gasteiger partial charge >= 0.3 is 0 Å². The minimum atomic E-state index is 0.0948. The minimum absolute atomic E-state index is 0.0948. The van der Waals surface area contributed by atoms with E-state index in [0.717, 1.165) is 52.9 Å². The molecule has 2 aliphatic heterocycles. The molecule has 5 rings (SSSR count). The van der Waals surface area contributed by atoms with Gasteiger partial charge in [0.15, 0.2) is 0 Å². The molecule has 5 nitrogen and oxygen atoms in total. The summed E-state index contributed by atoms with van der Waals surface area (Å²) in [5.41, 5.74) is 2.55. The van der Waals surface area contributed by atoms with Crippen LogP contribution in [0.2, 0.25) is 0 Å². The number of nitrogens with zero attached hydrogens (tertiary/aromatic N) is 4. The molecule has 136 valence electrons. The lowest BCUT2D eigenvalue weighted by Crippen LogP contribution is -2.65. The molecule has 0 aliphatic carbocycles. The molecule has 0 unspecified atom stereocenters. The molecular weight excluding hydrogens is 404 g/mol. The fourth-order valence-corrected chi connectivity index (χ4v) is 4.59. The molecule has 2 fully saturated rings. The van der Waals surface area contributed by atoms with Gasteiger partial charge in [0.05, 0.1) is 28.8 Å². The molecule has 2 saturated heterocycles. The highest BCUT2D eigenvalue weighted by atomic mass is 79.9. The summed E-state index contributed by atoms with van der Waals surface area (Å²) in [7, 11) is 0. The van der Waals surface area contributed by atoms with Crippen LogP contribution in [0.4, 0.5) is 5.82 Å². The average Bonchev–Trinajstić information content (AvgIpc) is 2.69. The molecule has 2 aliphatic rings. The Morgan fingerprint density at radius 2 is 1.81 bits per heavy atom. The fraction of sp³-hybridized carbons (Fsp3) is 0.286. The number of likely N-dealkylation sites (tertiary alicyclic amines) is 1. The quantitative estimate of drug-likeness (QED) is 0.630. The first kappa shape index (κ1) is 16.7. The molecule has 0 radical (unpaired) electrons. The lowest BCUT2D eigenvalue weighted by Gasteiger charge is -2.53. The molecule has 3 heterocycles. The third kappa shape index (κ3) is 2.88. The summed E-state index contributed by atoms with van der Waals surface area (Å²) in [5.74, 6) is 1.63. The standard InChI is InChI=1S/C21H19BrN4O/c22-16-6-2-1-5-15(16)21(27)25-10-9-14-12-26(19(14)13-25)20-11-23-17-7-3-4-8-18(17)24-20/h1-8,11,14,19H,9-10,12-13H2/t14-,19-/m0/s1. The normalized spacial score (nSPS) is 21.7. The smallest absolute Gasteiger partial charge is 0.255 e. The van der Waals surface area contributed by atoms with Gasteiger partial charge in [0, 0.05) is 30.0 Å². The van der Waals surface area contributed by atoms with E-state index < -0.39 is 0 Å². The summed E-state index contributed by atoms with van der Waals surface area (Å²) >= 11 is 3.50. The van der Waals surface area contributed by atoms with Gasteiger partial charge in [-0.05, 0) is 46.6 Å². The molecule has 2 aromatic carbocycles. The van der Waals surface area contributed by atoms with Crippen molar-refractivity contribution in [2.24, 2.45) is 5.92 Å². The lowest BCUT2D eigenvalue weighted by atomic mass is 9.82. The van der Waals surface area contributed by atoms with Crippen LogP contribution in [0, 0.1) is 5.92 Å². The van der Waals surface area contributed by atoms with Crippen LogP contribution in [0.3, 0.4) is 0 Å². The van der Waals surface area contributed by atoms with Gasteiger partial charge in [-0.2, -0.15) is 0 Å². The van der Waals surface area contributed by atoms with E-state index >= 15 is 0 Å². The van der Waals surface area contributed by atoms with Gasteiger partial charge in [-0.25, -0.2) is 4.98 Å². The van der Waals surface area contributed by atoms with Crippen molar-refractivity contribution in [1.82, 2.24) is 14.9 Å². The number of benzene rings is 2. The maximum Gasteiger partial charge on any atom is 0.255 e. The minimum Gasteiger partial charge on any atom is -0.350 e. The maximum absolute atomic E-state index is 13.0. The summed E-state index contributed by atoms with van der Waals surface area (Å²) in [6, 6.07) is 15.9. The topological polar surface area (TPSA) is 49.3 Å². The number of hydrogen-bond donors (Lipinski definition) is 0. The second-order valence-corrected chi connectivity index (χ2v) is 8.07. The van der Waals surface area contributed by atoms with Crippen molar-refractivity contribution in [1.29, 1.82) is 0 Å². The number of rotatable bonds is 2. The highest BCUT2D eigenvalue weighted by Gasteiger charge is 2.44. The maximum atomic E-state index is 13.0. The van der Waals surface area contributed by atoms with Crippen molar-refractivity contribution in [2.75, 3.05) is 24.5 Å². The summed E-state index contributed by atoms with van der Waals surface area (Å²) in [4.78, 5) is 26.6. The van der Waals surface area contributed by atoms with E-state index in [4.69, 9.17) is 4.98 Å². The SMILES string of the molecule is O=C(c1ccccc1Br)N1CC[C@H]2CN(c3cnc4ccccc4n3)[C@H]2C1. The molecule has 0 saturated carbocycles. The predicted octanol–water partition coefficient (Wildman–Crippen LogP) is 3.74. The van der Waals surface area contributed by atoms with Crippen LogP contribution in [0.25, 0.3) is 11.0 Å². The lowest BCUT2D eigenvalue weighted by molar-refractivity contribution is 0.0590. The molecule has 3 aromatic rings. The number of aromatic nitrogens is 2. The Labute approximate surface area is 166 Å². The number of fused-ring (bicyclic) bond motifs is 2. The van der Waals surface area contributed by atoms with E-state index in [1.165, 1.54) is 0 Å². The largest absolute Gasteiger partial charge is 0.350 e. The summed E-state index contributed by atoms with van der Waals surface area (Å²) in [5, 5.41) is 0. The number of carbonyl (C=O) groups excluding carboxylic acids is 1. The number of amides is 1. The van der Waals surface area contributed by atoms with E-state index in [-0.39, 0.29) is 5.91 Å². The van der Waals surface area contributed by atoms with Crippen molar-refractivity contribution in [3.05, 3.63) is 64.8 Å². The summed E-state index contributed by atoms with van der Waals surface area (Å²) < 4.78 is 0.850. The number of hydrogen-bond acceptors (Lipinski definition) is 4. The third-order valence-corrected chi connectivity index (χ3v) is 6.37. The highest BCUT2D eigenvalue weighted by molar-refractivity contribution is 9.10. The number of para-hydroxylation sites is 2. The van der Waals surface area contributed by atoms with Gasteiger partial charge in [0.2, 0.25) is 0 Å². The zero-order valence-corrected chi connectivity index (χ0v) is 16.3. The van der Waals surface area contributed by atoms with E-state index in [9.17, 15) is 4.79 Å². The molecule has 0 N–H and O–H groups in total. The van der Waals surface area contributed by atoms with Gasteiger partial charge in [-0.3, -0.25) is 9.78 Å². The van der Waals surface area contributed by atoms with Gasteiger partial charge < -0.3 is 9.80 Å². The van der Waals surface area contributed by atoms with Crippen molar-refractivity contribution in [3.8, 4) is 0 Å². The fourth-order valence-electron chi connectivity index (χ4n) is 4.13. The number of anilines is 1. The molecule has 1 aromatic heterocycles.